The lowest BCUT2D eigenvalue weighted by molar-refractivity contribution is -0.385. The number of benzene rings is 1. The van der Waals surface area contributed by atoms with E-state index in [1.807, 2.05) is 33.8 Å². The van der Waals surface area contributed by atoms with Gasteiger partial charge < -0.3 is 14.8 Å². The van der Waals surface area contributed by atoms with Crippen molar-refractivity contribution in [2.24, 2.45) is 0 Å². The second-order valence-electron chi connectivity index (χ2n) is 7.12. The summed E-state index contributed by atoms with van der Waals surface area (Å²) in [4.78, 5) is 10.7. The molecule has 1 aromatic carbocycles. The van der Waals surface area contributed by atoms with Crippen LogP contribution in [0.1, 0.15) is 52.0 Å². The van der Waals surface area contributed by atoms with Gasteiger partial charge in [0.2, 0.25) is 0 Å². The van der Waals surface area contributed by atoms with Crippen molar-refractivity contribution in [1.82, 2.24) is 5.32 Å². The van der Waals surface area contributed by atoms with E-state index in [9.17, 15) is 10.1 Å². The van der Waals surface area contributed by atoms with Crippen LogP contribution in [0.3, 0.4) is 0 Å². The maximum atomic E-state index is 11.2. The highest BCUT2D eigenvalue weighted by Crippen LogP contribution is 2.42. The fourth-order valence-corrected chi connectivity index (χ4v) is 2.68. The summed E-state index contributed by atoms with van der Waals surface area (Å²) in [7, 11) is 0. The predicted octanol–water partition coefficient (Wildman–Crippen LogP) is 3.93. The zero-order valence-corrected chi connectivity index (χ0v) is 15.3. The topological polar surface area (TPSA) is 73.6 Å². The molecule has 1 N–H and O–H groups in total. The molecule has 0 amide bonds. The molecule has 24 heavy (non-hydrogen) atoms. The highest BCUT2D eigenvalue weighted by molar-refractivity contribution is 7.80. The van der Waals surface area contributed by atoms with E-state index in [1.165, 1.54) is 6.07 Å². The number of thiocarbonyl (C=S) groups is 1. The van der Waals surface area contributed by atoms with Crippen molar-refractivity contribution in [3.63, 3.8) is 0 Å². The Hall–Kier alpha value is -1.89. The normalized spacial score (nSPS) is 15.5. The summed E-state index contributed by atoms with van der Waals surface area (Å²) in [6.45, 7) is 7.87. The summed E-state index contributed by atoms with van der Waals surface area (Å²) in [5, 5.41) is 14.5. The van der Waals surface area contributed by atoms with Crippen molar-refractivity contribution >= 4 is 23.1 Å². The van der Waals surface area contributed by atoms with E-state index < -0.39 is 4.92 Å². The SMILES string of the molecule is C[C@H](COc1cc(C2CC2)ccc1[N+](=O)[O-])NC(=S)OC(C)(C)C. The van der Waals surface area contributed by atoms with Gasteiger partial charge in [-0.05, 0) is 70.3 Å². The first kappa shape index (κ1) is 18.4. The lowest BCUT2D eigenvalue weighted by atomic mass is 10.1. The fraction of sp³-hybridized carbons (Fsp3) is 0.588. The zero-order valence-electron chi connectivity index (χ0n) is 14.5. The lowest BCUT2D eigenvalue weighted by Gasteiger charge is -2.24. The van der Waals surface area contributed by atoms with E-state index in [0.29, 0.717) is 16.8 Å². The third kappa shape index (κ3) is 5.63. The number of hydrogen-bond donors (Lipinski definition) is 1. The molecule has 1 fully saturated rings. The monoisotopic (exact) mass is 352 g/mol. The summed E-state index contributed by atoms with van der Waals surface area (Å²) in [5.41, 5.74) is 0.713. The first-order valence-electron chi connectivity index (χ1n) is 8.06. The van der Waals surface area contributed by atoms with Gasteiger partial charge in [0.05, 0.1) is 11.0 Å². The molecule has 1 aliphatic carbocycles. The second kappa shape index (κ2) is 7.34. The summed E-state index contributed by atoms with van der Waals surface area (Å²) in [6.07, 6.45) is 2.27. The van der Waals surface area contributed by atoms with Crippen LogP contribution in [0.2, 0.25) is 0 Å². The third-order valence-electron chi connectivity index (χ3n) is 3.48. The molecule has 0 unspecified atom stereocenters. The Morgan fingerprint density at radius 3 is 2.67 bits per heavy atom. The van der Waals surface area contributed by atoms with Crippen molar-refractivity contribution in [1.29, 1.82) is 0 Å². The average molecular weight is 352 g/mol. The molecular weight excluding hydrogens is 328 g/mol. The predicted molar refractivity (Wildman–Crippen MR) is 96.6 cm³/mol. The molecule has 0 heterocycles. The van der Waals surface area contributed by atoms with Crippen LogP contribution < -0.4 is 10.1 Å². The molecule has 132 valence electrons. The van der Waals surface area contributed by atoms with Gasteiger partial charge in [0.1, 0.15) is 12.2 Å². The van der Waals surface area contributed by atoms with Crippen LogP contribution in [0.5, 0.6) is 5.75 Å². The largest absolute Gasteiger partial charge is 0.485 e. The van der Waals surface area contributed by atoms with E-state index in [1.54, 1.807) is 6.07 Å². The van der Waals surface area contributed by atoms with Gasteiger partial charge in [-0.15, -0.1) is 0 Å². The number of nitro benzene ring substituents is 1. The van der Waals surface area contributed by atoms with Gasteiger partial charge in [0.25, 0.3) is 5.17 Å². The molecule has 0 aromatic heterocycles. The van der Waals surface area contributed by atoms with Crippen LogP contribution in [-0.2, 0) is 4.74 Å². The molecule has 0 aliphatic heterocycles. The van der Waals surface area contributed by atoms with E-state index in [-0.39, 0.29) is 23.9 Å². The van der Waals surface area contributed by atoms with Gasteiger partial charge in [-0.2, -0.15) is 0 Å². The van der Waals surface area contributed by atoms with Gasteiger partial charge in [-0.25, -0.2) is 0 Å². The van der Waals surface area contributed by atoms with Crippen molar-refractivity contribution < 1.29 is 14.4 Å². The van der Waals surface area contributed by atoms with Crippen LogP contribution >= 0.6 is 12.2 Å². The molecule has 2 rings (SSSR count). The Morgan fingerprint density at radius 2 is 2.12 bits per heavy atom. The average Bonchev–Trinajstić information content (AvgIpc) is 3.27. The maximum absolute atomic E-state index is 11.2. The standard InChI is InChI=1S/C17H24N2O4S/c1-11(18-16(24)23-17(2,3)4)10-22-15-9-13(12-5-6-12)7-8-14(15)19(20)21/h7-9,11-12H,5-6,10H2,1-4H3,(H,18,24)/t11-/m1/s1. The van der Waals surface area contributed by atoms with Crippen molar-refractivity contribution in [3.8, 4) is 5.75 Å². The Balaban J connectivity index is 1.96. The molecule has 0 spiro atoms. The second-order valence-corrected chi connectivity index (χ2v) is 7.49. The summed E-state index contributed by atoms with van der Waals surface area (Å²) < 4.78 is 11.2. The van der Waals surface area contributed by atoms with Crippen LogP contribution in [0.4, 0.5) is 5.69 Å². The first-order valence-corrected chi connectivity index (χ1v) is 8.47. The number of ether oxygens (including phenoxy) is 2. The zero-order chi connectivity index (χ0) is 17.9. The minimum Gasteiger partial charge on any atom is -0.485 e. The highest BCUT2D eigenvalue weighted by atomic mass is 32.1. The minimum absolute atomic E-state index is 0.0138. The number of nitrogens with one attached hydrogen (secondary N) is 1. The van der Waals surface area contributed by atoms with Crippen molar-refractivity contribution in [2.75, 3.05) is 6.61 Å². The molecular formula is C17H24N2O4S. The first-order chi connectivity index (χ1) is 11.2. The number of rotatable bonds is 6. The molecule has 7 heteroatoms. The minimum atomic E-state index is -0.419. The number of hydrogen-bond acceptors (Lipinski definition) is 5. The Kier molecular flexibility index (Phi) is 5.64. The summed E-state index contributed by atoms with van der Waals surface area (Å²) in [6, 6.07) is 4.99. The Morgan fingerprint density at radius 1 is 1.46 bits per heavy atom. The smallest absolute Gasteiger partial charge is 0.310 e. The lowest BCUT2D eigenvalue weighted by Crippen LogP contribution is -2.40. The molecule has 1 saturated carbocycles. The molecule has 0 bridgehead atoms. The Labute approximate surface area is 147 Å². The van der Waals surface area contributed by atoms with Gasteiger partial charge in [0, 0.05) is 6.07 Å². The fourth-order valence-electron chi connectivity index (χ4n) is 2.23. The van der Waals surface area contributed by atoms with Gasteiger partial charge in [0.15, 0.2) is 5.75 Å². The van der Waals surface area contributed by atoms with E-state index in [2.05, 4.69) is 5.32 Å². The molecule has 1 aliphatic rings. The third-order valence-corrected chi connectivity index (χ3v) is 3.68. The molecule has 1 aromatic rings. The van der Waals surface area contributed by atoms with Crippen LogP contribution in [0, 0.1) is 10.1 Å². The maximum Gasteiger partial charge on any atom is 0.310 e. The van der Waals surface area contributed by atoms with Crippen LogP contribution in [0.25, 0.3) is 0 Å². The summed E-state index contributed by atoms with van der Waals surface area (Å²) in [5.74, 6) is 0.817. The van der Waals surface area contributed by atoms with Crippen molar-refractivity contribution in [3.05, 3.63) is 33.9 Å². The molecule has 6 nitrogen and oxygen atoms in total. The number of nitrogens with zero attached hydrogens (tertiary/aromatic N) is 1. The van der Waals surface area contributed by atoms with Crippen molar-refractivity contribution in [2.45, 2.75) is 58.1 Å². The molecule has 0 saturated heterocycles. The van der Waals surface area contributed by atoms with E-state index >= 15 is 0 Å². The molecule has 0 radical (unpaired) electrons. The van der Waals surface area contributed by atoms with E-state index in [0.717, 1.165) is 18.4 Å². The highest BCUT2D eigenvalue weighted by Gasteiger charge is 2.26. The molecule has 1 atom stereocenters. The van der Waals surface area contributed by atoms with Gasteiger partial charge in [-0.3, -0.25) is 10.1 Å². The number of nitro groups is 1. The summed E-state index contributed by atoms with van der Waals surface area (Å²) >= 11 is 5.14. The Bertz CT molecular complexity index is 624. The quantitative estimate of drug-likeness (QED) is 0.475. The van der Waals surface area contributed by atoms with Crippen LogP contribution in [0.15, 0.2) is 18.2 Å². The van der Waals surface area contributed by atoms with E-state index in [4.69, 9.17) is 21.7 Å². The van der Waals surface area contributed by atoms with Crippen LogP contribution in [-0.4, -0.2) is 28.3 Å². The van der Waals surface area contributed by atoms with Gasteiger partial charge in [-0.1, -0.05) is 6.07 Å². The van der Waals surface area contributed by atoms with Gasteiger partial charge >= 0.3 is 5.69 Å².